The molecule has 9 nitrogen and oxygen atoms in total. The number of nitrogens with one attached hydrogen (secondary N) is 1. The molecule has 1 aliphatic heterocycles. The normalized spacial score (nSPS) is 18.0. The van der Waals surface area contributed by atoms with E-state index in [1.807, 2.05) is 73.7 Å². The van der Waals surface area contributed by atoms with Crippen molar-refractivity contribution in [3.63, 3.8) is 0 Å². The largest absolute Gasteiger partial charge is 0.489 e. The lowest BCUT2D eigenvalue weighted by Crippen LogP contribution is -2.42. The number of hydrogen-bond acceptors (Lipinski definition) is 7. The molecule has 0 aromatic heterocycles. The fraction of sp³-hybridized carbons (Fsp3) is 0.375. The van der Waals surface area contributed by atoms with E-state index in [1.165, 1.54) is 0 Å². The Morgan fingerprint density at radius 1 is 1.05 bits per heavy atom. The van der Waals surface area contributed by atoms with Crippen LogP contribution >= 0.6 is 0 Å². The average molecular weight is 595 g/mol. The number of para-hydroxylation sites is 1. The van der Waals surface area contributed by atoms with Crippen LogP contribution in [0.3, 0.4) is 0 Å². The molecule has 42 heavy (non-hydrogen) atoms. The number of amides is 1. The van der Waals surface area contributed by atoms with E-state index in [-0.39, 0.29) is 24.3 Å². The van der Waals surface area contributed by atoms with E-state index in [1.54, 1.807) is 13.2 Å². The molecule has 3 aromatic rings. The van der Waals surface area contributed by atoms with Gasteiger partial charge in [0.05, 0.1) is 12.4 Å². The number of methoxy groups -OCH3 is 1. The molecule has 3 aromatic carbocycles. The highest BCUT2D eigenvalue weighted by Crippen LogP contribution is 2.31. The molecule has 0 spiro atoms. The first-order valence-electron chi connectivity index (χ1n) is 13.9. The summed E-state index contributed by atoms with van der Waals surface area (Å²) in [6, 6.07) is 21.8. The van der Waals surface area contributed by atoms with Crippen LogP contribution in [0.25, 0.3) is 11.1 Å². The molecule has 0 bridgehead atoms. The summed E-state index contributed by atoms with van der Waals surface area (Å²) in [6.07, 6.45) is 1.64. The topological polar surface area (TPSA) is 122 Å². The molecule has 4 rings (SSSR count). The van der Waals surface area contributed by atoms with Gasteiger partial charge in [-0.05, 0) is 59.9 Å². The van der Waals surface area contributed by atoms with Crippen LogP contribution in [-0.4, -0.2) is 80.8 Å². The maximum atomic E-state index is 13.4. The smallest absolute Gasteiger partial charge is 0.326 e. The van der Waals surface area contributed by atoms with Gasteiger partial charge in [-0.15, -0.1) is 0 Å². The van der Waals surface area contributed by atoms with E-state index in [9.17, 15) is 23.1 Å². The van der Waals surface area contributed by atoms with Crippen LogP contribution < -0.4 is 10.1 Å². The Hall–Kier alpha value is -3.73. The SMILES string of the molecule is COC[C@@H]1C[C@@H](Oc2ccccc2)CN1Cc1ccc(C(=O)N[C@@H](CCS(C)(=O)=O)C(=O)O)c(-c2ccccc2C)c1. The van der Waals surface area contributed by atoms with E-state index in [0.29, 0.717) is 30.8 Å². The number of hydrogen-bond donors (Lipinski definition) is 2. The van der Waals surface area contributed by atoms with Gasteiger partial charge in [0.2, 0.25) is 0 Å². The highest BCUT2D eigenvalue weighted by Gasteiger charge is 2.33. The van der Waals surface area contributed by atoms with E-state index < -0.39 is 27.8 Å². The third-order valence-corrected chi connectivity index (χ3v) is 8.40. The molecular formula is C32H38N2O7S. The fourth-order valence-corrected chi connectivity index (χ4v) is 5.98. The van der Waals surface area contributed by atoms with E-state index in [2.05, 4.69) is 10.2 Å². The number of likely N-dealkylation sites (tertiary alicyclic amines) is 1. The third-order valence-electron chi connectivity index (χ3n) is 7.42. The number of aryl methyl sites for hydroxylation is 1. The van der Waals surface area contributed by atoms with Crippen LogP contribution in [-0.2, 0) is 25.9 Å². The molecule has 0 aliphatic carbocycles. The van der Waals surface area contributed by atoms with Gasteiger partial charge < -0.3 is 19.9 Å². The first kappa shape index (κ1) is 31.2. The van der Waals surface area contributed by atoms with Crippen LogP contribution in [0.2, 0.25) is 0 Å². The van der Waals surface area contributed by atoms with Gasteiger partial charge in [-0.1, -0.05) is 48.5 Å². The number of ether oxygens (including phenoxy) is 2. The molecule has 0 radical (unpaired) electrons. The molecule has 1 aliphatic rings. The molecule has 1 fully saturated rings. The zero-order valence-electron chi connectivity index (χ0n) is 24.2. The number of sulfone groups is 1. The number of carboxylic acids is 1. The van der Waals surface area contributed by atoms with Crippen LogP contribution in [0.15, 0.2) is 72.8 Å². The minimum absolute atomic E-state index is 0.00771. The Morgan fingerprint density at radius 3 is 2.43 bits per heavy atom. The number of benzene rings is 3. The average Bonchev–Trinajstić information content (AvgIpc) is 3.31. The molecular weight excluding hydrogens is 556 g/mol. The molecule has 224 valence electrons. The molecule has 3 atom stereocenters. The van der Waals surface area contributed by atoms with Crippen LogP contribution in [0, 0.1) is 6.92 Å². The van der Waals surface area contributed by atoms with Gasteiger partial charge >= 0.3 is 5.97 Å². The Bertz CT molecular complexity index is 1490. The molecule has 1 saturated heterocycles. The summed E-state index contributed by atoms with van der Waals surface area (Å²) >= 11 is 0. The van der Waals surface area contributed by atoms with E-state index in [4.69, 9.17) is 9.47 Å². The van der Waals surface area contributed by atoms with Crippen molar-refractivity contribution in [2.45, 2.75) is 44.5 Å². The zero-order chi connectivity index (χ0) is 30.3. The molecule has 2 N–H and O–H groups in total. The quantitative estimate of drug-likeness (QED) is 0.305. The summed E-state index contributed by atoms with van der Waals surface area (Å²) in [4.78, 5) is 27.6. The van der Waals surface area contributed by atoms with Gasteiger partial charge in [-0.2, -0.15) is 0 Å². The highest BCUT2D eigenvalue weighted by atomic mass is 32.2. The maximum Gasteiger partial charge on any atom is 0.326 e. The summed E-state index contributed by atoms with van der Waals surface area (Å²) in [5.74, 6) is -1.38. The molecule has 1 heterocycles. The minimum Gasteiger partial charge on any atom is -0.489 e. The Balaban J connectivity index is 1.60. The Labute approximate surface area is 247 Å². The van der Waals surface area contributed by atoms with Crippen molar-refractivity contribution in [2.24, 2.45) is 0 Å². The van der Waals surface area contributed by atoms with Crippen molar-refractivity contribution in [2.75, 3.05) is 32.3 Å². The van der Waals surface area contributed by atoms with E-state index in [0.717, 1.165) is 35.1 Å². The second kappa shape index (κ2) is 14.0. The van der Waals surface area contributed by atoms with Crippen molar-refractivity contribution in [3.8, 4) is 16.9 Å². The number of carbonyl (C=O) groups is 2. The van der Waals surface area contributed by atoms with Gasteiger partial charge in [-0.25, -0.2) is 13.2 Å². The van der Waals surface area contributed by atoms with Gasteiger partial charge in [-0.3, -0.25) is 9.69 Å². The van der Waals surface area contributed by atoms with Gasteiger partial charge in [0, 0.05) is 44.5 Å². The number of aliphatic carboxylic acids is 1. The van der Waals surface area contributed by atoms with Crippen LogP contribution in [0.1, 0.15) is 34.3 Å². The second-order valence-electron chi connectivity index (χ2n) is 10.8. The molecule has 1 amide bonds. The third kappa shape index (κ3) is 8.40. The number of nitrogens with zero attached hydrogens (tertiary/aromatic N) is 1. The van der Waals surface area contributed by atoms with Crippen molar-refractivity contribution in [1.29, 1.82) is 0 Å². The Morgan fingerprint density at radius 2 is 1.76 bits per heavy atom. The lowest BCUT2D eigenvalue weighted by atomic mass is 9.93. The van der Waals surface area contributed by atoms with Gasteiger partial charge in [0.25, 0.3) is 5.91 Å². The number of rotatable bonds is 13. The monoisotopic (exact) mass is 594 g/mol. The maximum absolute atomic E-state index is 13.4. The van der Waals surface area contributed by atoms with Crippen molar-refractivity contribution in [3.05, 3.63) is 89.5 Å². The highest BCUT2D eigenvalue weighted by molar-refractivity contribution is 7.90. The predicted octanol–water partition coefficient (Wildman–Crippen LogP) is 3.95. The van der Waals surface area contributed by atoms with Gasteiger partial charge in [0.15, 0.2) is 0 Å². The summed E-state index contributed by atoms with van der Waals surface area (Å²) < 4.78 is 35.0. The number of carbonyl (C=O) groups excluding carboxylic acids is 1. The first-order valence-corrected chi connectivity index (χ1v) is 15.9. The Kier molecular flexibility index (Phi) is 10.4. The van der Waals surface area contributed by atoms with E-state index >= 15 is 0 Å². The minimum atomic E-state index is -3.39. The fourth-order valence-electron chi connectivity index (χ4n) is 5.32. The predicted molar refractivity (Wildman–Crippen MR) is 161 cm³/mol. The standard InChI is InChI=1S/C32H38N2O7S/c1-22-9-7-8-12-27(22)29-17-23(13-14-28(29)31(35)33-30(32(36)37)15-16-42(3,38)39)19-34-20-26(18-24(34)21-40-2)41-25-10-5-4-6-11-25/h4-14,17,24,26,30H,15-16,18-21H2,1-3H3,(H,33,35)(H,36,37)/t24-,26+,30-/m0/s1. The van der Waals surface area contributed by atoms with Crippen molar-refractivity contribution >= 4 is 21.7 Å². The number of carboxylic acid groups (broad SMARTS) is 1. The first-order chi connectivity index (χ1) is 20.0. The lowest BCUT2D eigenvalue weighted by Gasteiger charge is -2.24. The second-order valence-corrected chi connectivity index (χ2v) is 13.1. The summed E-state index contributed by atoms with van der Waals surface area (Å²) in [7, 11) is -1.71. The van der Waals surface area contributed by atoms with Crippen molar-refractivity contribution < 1.29 is 32.6 Å². The molecule has 10 heteroatoms. The zero-order valence-corrected chi connectivity index (χ0v) is 25.0. The summed E-state index contributed by atoms with van der Waals surface area (Å²) in [6.45, 7) is 3.83. The lowest BCUT2D eigenvalue weighted by molar-refractivity contribution is -0.139. The van der Waals surface area contributed by atoms with Crippen molar-refractivity contribution in [1.82, 2.24) is 10.2 Å². The molecule has 0 unspecified atom stereocenters. The summed E-state index contributed by atoms with van der Waals surface area (Å²) in [5, 5.41) is 12.2. The van der Waals surface area contributed by atoms with Crippen LogP contribution in [0.4, 0.5) is 0 Å². The van der Waals surface area contributed by atoms with Crippen LogP contribution in [0.5, 0.6) is 5.75 Å². The van der Waals surface area contributed by atoms with Gasteiger partial charge in [0.1, 0.15) is 27.7 Å². The summed E-state index contributed by atoms with van der Waals surface area (Å²) in [5.41, 5.74) is 3.80. The molecule has 0 saturated carbocycles.